The van der Waals surface area contributed by atoms with Gasteiger partial charge in [0.1, 0.15) is 5.75 Å². The highest BCUT2D eigenvalue weighted by molar-refractivity contribution is 7.85. The number of nitrogens with one attached hydrogen (secondary N) is 1. The van der Waals surface area contributed by atoms with Gasteiger partial charge in [-0.15, -0.1) is 0 Å². The Hall–Kier alpha value is -2.46. The maximum Gasteiger partial charge on any atom is 0.264 e. The molecule has 0 radical (unpaired) electrons. The fourth-order valence-corrected chi connectivity index (χ4v) is 5.00. The first kappa shape index (κ1) is 25.2. The molecule has 1 saturated heterocycles. The van der Waals surface area contributed by atoms with Crippen LogP contribution in [0.25, 0.3) is 0 Å². The smallest absolute Gasteiger partial charge is 0.264 e. The first-order chi connectivity index (χ1) is 15.7. The number of rotatable bonds is 11. The van der Waals surface area contributed by atoms with Crippen molar-refractivity contribution in [2.75, 3.05) is 34.2 Å². The number of carbonyl (C=O) groups excluding carboxylic acids is 1. The van der Waals surface area contributed by atoms with E-state index in [9.17, 15) is 13.2 Å². The summed E-state index contributed by atoms with van der Waals surface area (Å²) in [6.07, 6.45) is 1.97. The molecule has 1 fully saturated rings. The summed E-state index contributed by atoms with van der Waals surface area (Å²) in [7, 11) is 0.966. The lowest BCUT2D eigenvalue weighted by Gasteiger charge is -2.37. The fourth-order valence-electron chi connectivity index (χ4n) is 4.61. The van der Waals surface area contributed by atoms with E-state index in [-0.39, 0.29) is 18.9 Å². The van der Waals surface area contributed by atoms with Crippen LogP contribution in [-0.4, -0.2) is 54.6 Å². The van der Waals surface area contributed by atoms with Gasteiger partial charge in [-0.3, -0.25) is 8.98 Å². The van der Waals surface area contributed by atoms with Crippen molar-refractivity contribution in [1.29, 1.82) is 0 Å². The van der Waals surface area contributed by atoms with Gasteiger partial charge < -0.3 is 19.5 Å². The molecule has 3 rings (SSSR count). The van der Waals surface area contributed by atoms with Crippen LogP contribution < -0.4 is 10.1 Å². The monoisotopic (exact) mass is 477 g/mol. The van der Waals surface area contributed by atoms with E-state index in [0.29, 0.717) is 24.2 Å². The lowest BCUT2D eigenvalue weighted by Crippen LogP contribution is -2.49. The fraction of sp³-hybridized carbons (Fsp3) is 0.458. The zero-order valence-corrected chi connectivity index (χ0v) is 20.2. The van der Waals surface area contributed by atoms with Gasteiger partial charge in [0.25, 0.3) is 10.1 Å². The van der Waals surface area contributed by atoms with Gasteiger partial charge in [0.15, 0.2) is 0 Å². The quantitative estimate of drug-likeness (QED) is 0.392. The average molecular weight is 478 g/mol. The number of para-hydroxylation sites is 1. The summed E-state index contributed by atoms with van der Waals surface area (Å²) >= 11 is 0. The Kier molecular flexibility index (Phi) is 7.79. The number of hydrogen-bond donors (Lipinski definition) is 1. The van der Waals surface area contributed by atoms with E-state index in [4.69, 9.17) is 18.4 Å². The molecule has 8 nitrogen and oxygen atoms in total. The molecule has 0 spiro atoms. The van der Waals surface area contributed by atoms with Crippen molar-refractivity contribution >= 4 is 16.0 Å². The van der Waals surface area contributed by atoms with Crippen LogP contribution in [0, 0.1) is 5.41 Å². The second-order valence-corrected chi connectivity index (χ2v) is 9.87. The van der Waals surface area contributed by atoms with E-state index in [2.05, 4.69) is 5.32 Å². The minimum Gasteiger partial charge on any atom is -0.496 e. The molecular weight excluding hydrogens is 446 g/mol. The van der Waals surface area contributed by atoms with Gasteiger partial charge in [-0.1, -0.05) is 42.5 Å². The van der Waals surface area contributed by atoms with E-state index in [1.165, 1.54) is 14.2 Å². The van der Waals surface area contributed by atoms with Gasteiger partial charge in [-0.25, -0.2) is 0 Å². The molecule has 1 aliphatic rings. The van der Waals surface area contributed by atoms with Crippen LogP contribution in [0.5, 0.6) is 5.75 Å². The molecule has 0 aromatic heterocycles. The molecule has 0 aliphatic carbocycles. The highest BCUT2D eigenvalue weighted by Gasteiger charge is 2.55. The standard InChI is InChI=1S/C24H31NO7S/c1-29-20-13-9-8-12-19(20)24(30-2,31-3)21-17-23(22(26)25-21,14-15-32-33(4,27)28)16-18-10-6-5-7-11-18/h5-13,21H,14-17H2,1-4H3,(H,25,26). The third-order valence-corrected chi connectivity index (χ3v) is 6.79. The van der Waals surface area contributed by atoms with Gasteiger partial charge in [0.05, 0.1) is 37.0 Å². The third-order valence-electron chi connectivity index (χ3n) is 6.19. The molecule has 0 saturated carbocycles. The van der Waals surface area contributed by atoms with Crippen molar-refractivity contribution in [2.45, 2.75) is 31.1 Å². The Bertz CT molecular complexity index is 1050. The SMILES string of the molecule is COc1ccccc1C(OC)(OC)C1CC(CCOS(C)(=O)=O)(Cc2ccccc2)C(=O)N1. The summed E-state index contributed by atoms with van der Waals surface area (Å²) in [5, 5.41) is 3.06. The number of hydrogen-bond acceptors (Lipinski definition) is 7. The minimum absolute atomic E-state index is 0.104. The van der Waals surface area contributed by atoms with E-state index >= 15 is 0 Å². The Balaban J connectivity index is 1.99. The molecule has 9 heteroatoms. The molecule has 1 amide bonds. The van der Waals surface area contributed by atoms with Gasteiger partial charge in [-0.05, 0) is 37.0 Å². The summed E-state index contributed by atoms with van der Waals surface area (Å²) in [6.45, 7) is -0.104. The van der Waals surface area contributed by atoms with Crippen LogP contribution in [-0.2, 0) is 40.8 Å². The van der Waals surface area contributed by atoms with E-state index in [1.807, 2.05) is 48.5 Å². The van der Waals surface area contributed by atoms with Crippen molar-refractivity contribution in [3.05, 3.63) is 65.7 Å². The molecule has 180 valence electrons. The van der Waals surface area contributed by atoms with Crippen molar-refractivity contribution < 1.29 is 31.6 Å². The molecule has 2 aromatic carbocycles. The summed E-state index contributed by atoms with van der Waals surface area (Å²) in [4.78, 5) is 13.5. The molecule has 1 N–H and O–H groups in total. The van der Waals surface area contributed by atoms with Crippen molar-refractivity contribution in [3.8, 4) is 5.75 Å². The zero-order chi connectivity index (χ0) is 24.1. The second kappa shape index (κ2) is 10.2. The molecule has 1 heterocycles. The van der Waals surface area contributed by atoms with Gasteiger partial charge in [-0.2, -0.15) is 8.42 Å². The molecule has 33 heavy (non-hydrogen) atoms. The number of amides is 1. The highest BCUT2D eigenvalue weighted by atomic mass is 32.2. The van der Waals surface area contributed by atoms with E-state index in [1.54, 1.807) is 13.2 Å². The van der Waals surface area contributed by atoms with Crippen LogP contribution in [0.15, 0.2) is 54.6 Å². The van der Waals surface area contributed by atoms with E-state index in [0.717, 1.165) is 11.8 Å². The summed E-state index contributed by atoms with van der Waals surface area (Å²) in [5.74, 6) is -0.948. The highest BCUT2D eigenvalue weighted by Crippen LogP contribution is 2.46. The lowest BCUT2D eigenvalue weighted by molar-refractivity contribution is -0.234. The number of methoxy groups -OCH3 is 3. The maximum absolute atomic E-state index is 13.5. The predicted octanol–water partition coefficient (Wildman–Crippen LogP) is 2.62. The van der Waals surface area contributed by atoms with E-state index < -0.39 is 27.4 Å². The van der Waals surface area contributed by atoms with Crippen LogP contribution in [0.1, 0.15) is 24.0 Å². The average Bonchev–Trinajstić information content (AvgIpc) is 3.11. The largest absolute Gasteiger partial charge is 0.496 e. The summed E-state index contributed by atoms with van der Waals surface area (Å²) in [6, 6.07) is 16.4. The molecule has 2 unspecified atom stereocenters. The van der Waals surface area contributed by atoms with Gasteiger partial charge in [0, 0.05) is 14.2 Å². The predicted molar refractivity (Wildman–Crippen MR) is 123 cm³/mol. The topological polar surface area (TPSA) is 100 Å². The van der Waals surface area contributed by atoms with Crippen LogP contribution >= 0.6 is 0 Å². The minimum atomic E-state index is -3.63. The molecule has 2 aromatic rings. The third kappa shape index (κ3) is 5.38. The Labute approximate surface area is 195 Å². The Morgan fingerprint density at radius 3 is 2.27 bits per heavy atom. The number of benzene rings is 2. The number of ether oxygens (including phenoxy) is 3. The van der Waals surface area contributed by atoms with Gasteiger partial charge >= 0.3 is 0 Å². The maximum atomic E-state index is 13.5. The van der Waals surface area contributed by atoms with Crippen LogP contribution in [0.4, 0.5) is 0 Å². The first-order valence-corrected chi connectivity index (χ1v) is 12.4. The first-order valence-electron chi connectivity index (χ1n) is 10.6. The summed E-state index contributed by atoms with van der Waals surface area (Å²) in [5.41, 5.74) is 0.692. The van der Waals surface area contributed by atoms with Crippen LogP contribution in [0.2, 0.25) is 0 Å². The van der Waals surface area contributed by atoms with Crippen molar-refractivity contribution in [2.24, 2.45) is 5.41 Å². The van der Waals surface area contributed by atoms with Crippen molar-refractivity contribution in [1.82, 2.24) is 5.32 Å². The zero-order valence-electron chi connectivity index (χ0n) is 19.4. The molecule has 2 atom stereocenters. The second-order valence-electron chi connectivity index (χ2n) is 8.23. The Morgan fingerprint density at radius 1 is 1.03 bits per heavy atom. The molecular formula is C24H31NO7S. The molecule has 1 aliphatic heterocycles. The van der Waals surface area contributed by atoms with Gasteiger partial charge in [0.2, 0.25) is 11.7 Å². The Morgan fingerprint density at radius 2 is 1.67 bits per heavy atom. The van der Waals surface area contributed by atoms with Crippen molar-refractivity contribution in [3.63, 3.8) is 0 Å². The summed E-state index contributed by atoms with van der Waals surface area (Å²) < 4.78 is 45.4. The normalized spacial score (nSPS) is 21.1. The lowest BCUT2D eigenvalue weighted by atomic mass is 9.75. The molecule has 0 bridgehead atoms. The number of carbonyl (C=O) groups is 1. The van der Waals surface area contributed by atoms with Crippen LogP contribution in [0.3, 0.4) is 0 Å².